The molecule has 4 heteroatoms. The summed E-state index contributed by atoms with van der Waals surface area (Å²) in [6.07, 6.45) is 5.24. The summed E-state index contributed by atoms with van der Waals surface area (Å²) in [4.78, 5) is 13.1. The van der Waals surface area contributed by atoms with Gasteiger partial charge in [0.05, 0.1) is 5.41 Å². The zero-order valence-electron chi connectivity index (χ0n) is 13.2. The average molecular weight is 365 g/mol. The number of piperidine rings is 1. The van der Waals surface area contributed by atoms with E-state index in [1.54, 1.807) is 0 Å². The summed E-state index contributed by atoms with van der Waals surface area (Å²) < 4.78 is 1.05. The number of carbonyl (C=O) groups excluding carboxylic acids is 1. The van der Waals surface area contributed by atoms with Crippen LogP contribution in [0.1, 0.15) is 44.6 Å². The third-order valence-electron chi connectivity index (χ3n) is 5.37. The molecule has 1 saturated heterocycles. The maximum absolute atomic E-state index is 13.1. The molecule has 1 aliphatic heterocycles. The molecule has 1 heterocycles. The molecule has 1 aliphatic carbocycles. The van der Waals surface area contributed by atoms with Crippen molar-refractivity contribution in [3.63, 3.8) is 0 Å². The third kappa shape index (κ3) is 3.09. The highest BCUT2D eigenvalue weighted by atomic mass is 79.9. The van der Waals surface area contributed by atoms with E-state index in [0.717, 1.165) is 49.7 Å². The fraction of sp³-hybridized carbons (Fsp3) is 0.611. The van der Waals surface area contributed by atoms with Crippen molar-refractivity contribution in [2.24, 2.45) is 5.92 Å². The first kappa shape index (κ1) is 16.0. The van der Waals surface area contributed by atoms with Gasteiger partial charge in [0.2, 0.25) is 5.91 Å². The van der Waals surface area contributed by atoms with Crippen LogP contribution >= 0.6 is 15.9 Å². The van der Waals surface area contributed by atoms with Crippen molar-refractivity contribution in [1.82, 2.24) is 10.6 Å². The normalized spacial score (nSPS) is 27.5. The van der Waals surface area contributed by atoms with Crippen LogP contribution in [0.5, 0.6) is 0 Å². The quantitative estimate of drug-likeness (QED) is 0.862. The van der Waals surface area contributed by atoms with Gasteiger partial charge in [-0.3, -0.25) is 4.79 Å². The zero-order chi connectivity index (χ0) is 15.6. The summed E-state index contributed by atoms with van der Waals surface area (Å²) in [7, 11) is 0. The van der Waals surface area contributed by atoms with Crippen molar-refractivity contribution >= 4 is 21.8 Å². The number of rotatable bonds is 3. The number of halogens is 1. The maximum Gasteiger partial charge on any atom is 0.230 e. The van der Waals surface area contributed by atoms with Crippen molar-refractivity contribution in [2.75, 3.05) is 13.1 Å². The lowest BCUT2D eigenvalue weighted by molar-refractivity contribution is -0.127. The van der Waals surface area contributed by atoms with Crippen LogP contribution in [-0.4, -0.2) is 25.0 Å². The summed E-state index contributed by atoms with van der Waals surface area (Å²) in [5.74, 6) is 0.737. The Kier molecular flexibility index (Phi) is 4.88. The Hall–Kier alpha value is -0.870. The predicted octanol–water partition coefficient (Wildman–Crippen LogP) is 3.38. The van der Waals surface area contributed by atoms with Crippen molar-refractivity contribution in [3.8, 4) is 0 Å². The second-order valence-electron chi connectivity index (χ2n) is 6.85. The van der Waals surface area contributed by atoms with Crippen molar-refractivity contribution < 1.29 is 4.79 Å². The van der Waals surface area contributed by atoms with Gasteiger partial charge in [0.15, 0.2) is 0 Å². The summed E-state index contributed by atoms with van der Waals surface area (Å²) >= 11 is 3.55. The molecule has 0 bridgehead atoms. The van der Waals surface area contributed by atoms with E-state index in [4.69, 9.17) is 0 Å². The Bertz CT molecular complexity index is 540. The highest BCUT2D eigenvalue weighted by molar-refractivity contribution is 9.10. The minimum absolute atomic E-state index is 0.238. The zero-order valence-corrected chi connectivity index (χ0v) is 14.8. The third-order valence-corrected chi connectivity index (χ3v) is 5.86. The van der Waals surface area contributed by atoms with Gasteiger partial charge < -0.3 is 10.6 Å². The van der Waals surface area contributed by atoms with Gasteiger partial charge >= 0.3 is 0 Å². The molecule has 0 spiro atoms. The topological polar surface area (TPSA) is 41.1 Å². The smallest absolute Gasteiger partial charge is 0.230 e. The fourth-order valence-electron chi connectivity index (χ4n) is 3.95. The van der Waals surface area contributed by atoms with Crippen molar-refractivity contribution in [3.05, 3.63) is 34.3 Å². The van der Waals surface area contributed by atoms with Gasteiger partial charge in [-0.05, 0) is 56.0 Å². The summed E-state index contributed by atoms with van der Waals surface area (Å²) in [5.41, 5.74) is 0.840. The number of nitrogens with one attached hydrogen (secondary N) is 2. The molecule has 2 unspecified atom stereocenters. The van der Waals surface area contributed by atoms with Crippen LogP contribution in [0.25, 0.3) is 0 Å². The SMILES string of the molecule is CC1CNCCC1NC(=O)C1(c2cccc(Br)c2)CCCC1. The van der Waals surface area contributed by atoms with E-state index in [-0.39, 0.29) is 11.3 Å². The van der Waals surface area contributed by atoms with Crippen LogP contribution in [0, 0.1) is 5.92 Å². The molecule has 22 heavy (non-hydrogen) atoms. The van der Waals surface area contributed by atoms with E-state index in [1.807, 2.05) is 12.1 Å². The lowest BCUT2D eigenvalue weighted by Gasteiger charge is -2.35. The number of amides is 1. The summed E-state index contributed by atoms with van der Waals surface area (Å²) in [6.45, 7) is 4.21. The molecule has 1 aromatic carbocycles. The Labute approximate surface area is 141 Å². The molecule has 120 valence electrons. The van der Waals surface area contributed by atoms with Crippen LogP contribution in [0.3, 0.4) is 0 Å². The fourth-order valence-corrected chi connectivity index (χ4v) is 4.35. The molecule has 2 fully saturated rings. The van der Waals surface area contributed by atoms with Crippen LogP contribution < -0.4 is 10.6 Å². The molecule has 0 radical (unpaired) electrons. The summed E-state index contributed by atoms with van der Waals surface area (Å²) in [6, 6.07) is 8.61. The van der Waals surface area contributed by atoms with Crippen LogP contribution in [-0.2, 0) is 10.2 Å². The van der Waals surface area contributed by atoms with Crippen molar-refractivity contribution in [1.29, 1.82) is 0 Å². The largest absolute Gasteiger partial charge is 0.352 e. The number of carbonyl (C=O) groups is 1. The molecule has 1 amide bonds. The Morgan fingerprint density at radius 3 is 2.82 bits per heavy atom. The van der Waals surface area contributed by atoms with Crippen LogP contribution in [0.2, 0.25) is 0 Å². The molecule has 1 aromatic rings. The molecule has 2 atom stereocenters. The predicted molar refractivity (Wildman–Crippen MR) is 92.9 cm³/mol. The molecular weight excluding hydrogens is 340 g/mol. The van der Waals surface area contributed by atoms with Gasteiger partial charge in [-0.2, -0.15) is 0 Å². The van der Waals surface area contributed by atoms with Gasteiger partial charge in [-0.1, -0.05) is 47.8 Å². The molecule has 1 saturated carbocycles. The monoisotopic (exact) mass is 364 g/mol. The molecule has 2 N–H and O–H groups in total. The van der Waals surface area contributed by atoms with Gasteiger partial charge in [0.25, 0.3) is 0 Å². The first-order chi connectivity index (χ1) is 10.6. The molecular formula is C18H25BrN2O. The van der Waals surface area contributed by atoms with E-state index < -0.39 is 0 Å². The second-order valence-corrected chi connectivity index (χ2v) is 7.77. The van der Waals surface area contributed by atoms with Gasteiger partial charge in [0, 0.05) is 10.5 Å². The number of hydrogen-bond acceptors (Lipinski definition) is 2. The van der Waals surface area contributed by atoms with E-state index >= 15 is 0 Å². The Morgan fingerprint density at radius 1 is 1.36 bits per heavy atom. The first-order valence-corrected chi connectivity index (χ1v) is 9.19. The highest BCUT2D eigenvalue weighted by Crippen LogP contribution is 2.42. The average Bonchev–Trinajstić information content (AvgIpc) is 3.00. The van der Waals surface area contributed by atoms with Crippen LogP contribution in [0.15, 0.2) is 28.7 Å². The van der Waals surface area contributed by atoms with Crippen molar-refractivity contribution in [2.45, 2.75) is 50.5 Å². The van der Waals surface area contributed by atoms with E-state index in [1.165, 1.54) is 5.56 Å². The number of benzene rings is 1. The molecule has 0 aromatic heterocycles. The van der Waals surface area contributed by atoms with E-state index in [0.29, 0.717) is 12.0 Å². The molecule has 2 aliphatic rings. The van der Waals surface area contributed by atoms with Gasteiger partial charge in [-0.15, -0.1) is 0 Å². The highest BCUT2D eigenvalue weighted by Gasteiger charge is 2.43. The minimum Gasteiger partial charge on any atom is -0.352 e. The minimum atomic E-state index is -0.325. The first-order valence-electron chi connectivity index (χ1n) is 8.39. The Balaban J connectivity index is 1.82. The maximum atomic E-state index is 13.1. The molecule has 3 nitrogen and oxygen atoms in total. The van der Waals surface area contributed by atoms with E-state index in [9.17, 15) is 4.79 Å². The molecule has 3 rings (SSSR count). The van der Waals surface area contributed by atoms with Gasteiger partial charge in [0.1, 0.15) is 0 Å². The second kappa shape index (κ2) is 6.71. The number of hydrogen-bond donors (Lipinski definition) is 2. The summed E-state index contributed by atoms with van der Waals surface area (Å²) in [5, 5.41) is 6.77. The van der Waals surface area contributed by atoms with Crippen LogP contribution in [0.4, 0.5) is 0 Å². The van der Waals surface area contributed by atoms with E-state index in [2.05, 4.69) is 45.6 Å². The lowest BCUT2D eigenvalue weighted by atomic mass is 9.77. The van der Waals surface area contributed by atoms with Gasteiger partial charge in [-0.25, -0.2) is 0 Å². The lowest BCUT2D eigenvalue weighted by Crippen LogP contribution is -2.53. The standard InChI is InChI=1S/C18H25BrN2O/c1-13-12-20-10-7-16(13)21-17(22)18(8-2-3-9-18)14-5-4-6-15(19)11-14/h4-6,11,13,16,20H,2-3,7-10,12H2,1H3,(H,21,22). The Morgan fingerprint density at radius 2 is 2.14 bits per heavy atom.